The van der Waals surface area contributed by atoms with Crippen LogP contribution < -0.4 is 9.64 Å². The molecule has 1 N–H and O–H groups in total. The molecule has 0 unspecified atom stereocenters. The molecular formula is C31H34ClFN6O5. The van der Waals surface area contributed by atoms with Crippen molar-refractivity contribution in [1.29, 1.82) is 0 Å². The minimum absolute atomic E-state index is 0.0170. The van der Waals surface area contributed by atoms with Crippen molar-refractivity contribution in [3.8, 4) is 23.0 Å². The second kappa shape index (κ2) is 11.7. The van der Waals surface area contributed by atoms with Crippen LogP contribution in [0.4, 0.5) is 10.2 Å². The quantitative estimate of drug-likeness (QED) is 0.393. The molecule has 1 aliphatic carbocycles. The van der Waals surface area contributed by atoms with Gasteiger partial charge in [-0.1, -0.05) is 17.7 Å². The number of nitrogens with zero attached hydrogens (tertiary/aromatic N) is 6. The molecule has 0 radical (unpaired) electrons. The Morgan fingerprint density at radius 3 is 2.68 bits per heavy atom. The lowest BCUT2D eigenvalue weighted by atomic mass is 9.91. The van der Waals surface area contributed by atoms with E-state index in [9.17, 15) is 9.90 Å². The van der Waals surface area contributed by atoms with E-state index in [4.69, 9.17) is 25.8 Å². The maximum absolute atomic E-state index is 16.4. The summed E-state index contributed by atoms with van der Waals surface area (Å²) in [7, 11) is 1.44. The van der Waals surface area contributed by atoms with Crippen molar-refractivity contribution < 1.29 is 28.5 Å². The summed E-state index contributed by atoms with van der Waals surface area (Å²) in [5, 5.41) is 11.1. The lowest BCUT2D eigenvalue weighted by molar-refractivity contribution is -0.164. The number of benzene rings is 1. The number of hydrogen-bond acceptors (Lipinski definition) is 10. The van der Waals surface area contributed by atoms with Crippen molar-refractivity contribution in [2.45, 2.75) is 24.3 Å². The van der Waals surface area contributed by atoms with Crippen molar-refractivity contribution in [2.24, 2.45) is 0 Å². The van der Waals surface area contributed by atoms with Gasteiger partial charge in [-0.05, 0) is 36.5 Å². The summed E-state index contributed by atoms with van der Waals surface area (Å²) in [6.45, 7) is 5.97. The topological polar surface area (TPSA) is 113 Å². The number of phenols is 1. The molecule has 4 fully saturated rings. The van der Waals surface area contributed by atoms with Crippen molar-refractivity contribution in [1.82, 2.24) is 24.8 Å². The summed E-state index contributed by atoms with van der Waals surface area (Å²) < 4.78 is 32.8. The lowest BCUT2D eigenvalue weighted by Gasteiger charge is -2.55. The van der Waals surface area contributed by atoms with Gasteiger partial charge in [0.15, 0.2) is 5.82 Å². The number of amides is 1. The molecule has 1 saturated carbocycles. The van der Waals surface area contributed by atoms with Crippen molar-refractivity contribution >= 4 is 34.2 Å². The fourth-order valence-corrected chi connectivity index (χ4v) is 6.76. The molecule has 1 aromatic carbocycles. The van der Waals surface area contributed by atoms with E-state index in [0.29, 0.717) is 74.4 Å². The number of anilines is 1. The average molecular weight is 625 g/mol. The first-order valence-corrected chi connectivity index (χ1v) is 15.3. The fourth-order valence-electron chi connectivity index (χ4n) is 6.39. The molecule has 13 heteroatoms. The zero-order valence-electron chi connectivity index (χ0n) is 24.5. The molecule has 4 aliphatic rings. The third-order valence-electron chi connectivity index (χ3n) is 8.87. The first-order valence-electron chi connectivity index (χ1n) is 14.9. The maximum atomic E-state index is 16.4. The molecule has 0 atom stereocenters. The molecule has 3 aromatic rings. The number of pyridine rings is 1. The summed E-state index contributed by atoms with van der Waals surface area (Å²) in [5.74, 6) is -0.0936. The molecular weight excluding hydrogens is 591 g/mol. The molecule has 5 heterocycles. The number of carbonyl (C=O) groups excluding carboxylic acids is 1. The van der Waals surface area contributed by atoms with Gasteiger partial charge in [-0.3, -0.25) is 14.7 Å². The number of aromatic nitrogens is 3. The van der Waals surface area contributed by atoms with Crippen LogP contribution in [0.1, 0.15) is 24.3 Å². The predicted octanol–water partition coefficient (Wildman–Crippen LogP) is 3.38. The van der Waals surface area contributed by atoms with Crippen LogP contribution in [0.15, 0.2) is 30.5 Å². The van der Waals surface area contributed by atoms with Crippen LogP contribution >= 0.6 is 11.6 Å². The highest BCUT2D eigenvalue weighted by atomic mass is 35.5. The van der Waals surface area contributed by atoms with Gasteiger partial charge in [0, 0.05) is 62.1 Å². The zero-order chi connectivity index (χ0) is 30.4. The van der Waals surface area contributed by atoms with Crippen molar-refractivity contribution in [2.75, 3.05) is 77.7 Å². The Morgan fingerprint density at radius 2 is 1.98 bits per heavy atom. The molecule has 11 nitrogen and oxygen atoms in total. The van der Waals surface area contributed by atoms with Crippen LogP contribution in [-0.2, 0) is 14.3 Å². The summed E-state index contributed by atoms with van der Waals surface area (Å²) in [5.41, 5.74) is 0.819. The van der Waals surface area contributed by atoms with Gasteiger partial charge in [-0.15, -0.1) is 0 Å². The second-order valence-electron chi connectivity index (χ2n) is 11.8. The van der Waals surface area contributed by atoms with Gasteiger partial charge < -0.3 is 29.1 Å². The summed E-state index contributed by atoms with van der Waals surface area (Å²) >= 11 is 6.50. The molecule has 44 heavy (non-hydrogen) atoms. The second-order valence-corrected chi connectivity index (χ2v) is 12.2. The number of phenolic OH excluding ortho intramolecular Hbond substituents is 1. The summed E-state index contributed by atoms with van der Waals surface area (Å²) in [6, 6.07) is 3.00. The first-order chi connectivity index (χ1) is 21.4. The first kappa shape index (κ1) is 29.1. The van der Waals surface area contributed by atoms with Gasteiger partial charge >= 0.3 is 6.01 Å². The standard InChI is InChI=1S/C31H34ClFN6O5/c1-42-30-35-28-22(15-34-27(26(28)33)21-13-20(40)14-23(32)25(21)19-4-5-19)29(36-30)38-7-8-39(31(16-38)17-44-18-31)24(41)3-2-6-37-9-11-43-12-10-37/h2-3,13-15,19,40H,4-12,16-18H2,1H3/b3-2+. The SMILES string of the molecule is COc1nc(N2CCN(C(=O)/C=C/CN3CCOCC3)C3(COC3)C2)c2cnc(-c3cc(O)cc(Cl)c3C3CC3)c(F)c2n1. The smallest absolute Gasteiger partial charge is 0.318 e. The third-order valence-corrected chi connectivity index (χ3v) is 9.18. The number of aromatic hydroxyl groups is 1. The maximum Gasteiger partial charge on any atom is 0.318 e. The molecule has 3 aliphatic heterocycles. The van der Waals surface area contributed by atoms with Crippen LogP contribution in [0.5, 0.6) is 11.8 Å². The summed E-state index contributed by atoms with van der Waals surface area (Å²) in [4.78, 5) is 33.0. The van der Waals surface area contributed by atoms with Gasteiger partial charge in [0.25, 0.3) is 0 Å². The Balaban J connectivity index is 1.19. The van der Waals surface area contributed by atoms with Gasteiger partial charge in [0.2, 0.25) is 5.91 Å². The predicted molar refractivity (Wildman–Crippen MR) is 162 cm³/mol. The fraction of sp³-hybridized carbons (Fsp3) is 0.484. The Labute approximate surface area is 259 Å². The Hall–Kier alpha value is -3.58. The Kier molecular flexibility index (Phi) is 7.77. The van der Waals surface area contributed by atoms with Crippen LogP contribution in [-0.4, -0.2) is 114 Å². The van der Waals surface area contributed by atoms with E-state index in [1.54, 1.807) is 12.3 Å². The van der Waals surface area contributed by atoms with Gasteiger partial charge in [0.05, 0.1) is 38.9 Å². The van der Waals surface area contributed by atoms with E-state index >= 15 is 4.39 Å². The number of methoxy groups -OCH3 is 1. The van der Waals surface area contributed by atoms with E-state index < -0.39 is 11.4 Å². The third kappa shape index (κ3) is 5.33. The number of hydrogen-bond donors (Lipinski definition) is 1. The van der Waals surface area contributed by atoms with Gasteiger partial charge in [0.1, 0.15) is 28.3 Å². The Morgan fingerprint density at radius 1 is 1.18 bits per heavy atom. The van der Waals surface area contributed by atoms with Crippen molar-refractivity contribution in [3.05, 3.63) is 46.9 Å². The molecule has 232 valence electrons. The molecule has 1 spiro atoms. The number of piperazine rings is 1. The lowest BCUT2D eigenvalue weighted by Crippen LogP contribution is -2.72. The van der Waals surface area contributed by atoms with Crippen LogP contribution in [0.25, 0.3) is 22.2 Å². The highest BCUT2D eigenvalue weighted by molar-refractivity contribution is 6.32. The monoisotopic (exact) mass is 624 g/mol. The molecule has 3 saturated heterocycles. The van der Waals surface area contributed by atoms with Crippen LogP contribution in [0.3, 0.4) is 0 Å². The number of halogens is 2. The Bertz CT molecular complexity index is 1630. The van der Waals surface area contributed by atoms with Gasteiger partial charge in [-0.2, -0.15) is 9.97 Å². The van der Waals surface area contributed by atoms with E-state index in [0.717, 1.165) is 31.5 Å². The highest BCUT2D eigenvalue weighted by Gasteiger charge is 2.50. The molecule has 2 aromatic heterocycles. The van der Waals surface area contributed by atoms with Gasteiger partial charge in [-0.25, -0.2) is 4.39 Å². The number of morpholine rings is 1. The van der Waals surface area contributed by atoms with E-state index in [2.05, 4.69) is 19.9 Å². The molecule has 7 rings (SSSR count). The van der Waals surface area contributed by atoms with E-state index in [-0.39, 0.29) is 34.8 Å². The molecule has 0 bridgehead atoms. The number of ether oxygens (including phenoxy) is 3. The highest BCUT2D eigenvalue weighted by Crippen LogP contribution is 2.49. The molecule has 1 amide bonds. The van der Waals surface area contributed by atoms with Crippen molar-refractivity contribution in [3.63, 3.8) is 0 Å². The minimum atomic E-state index is -0.645. The van der Waals surface area contributed by atoms with E-state index in [1.807, 2.05) is 15.9 Å². The van der Waals surface area contributed by atoms with Crippen LogP contribution in [0.2, 0.25) is 5.02 Å². The number of fused-ring (bicyclic) bond motifs is 1. The largest absolute Gasteiger partial charge is 0.508 e. The average Bonchev–Trinajstić information content (AvgIpc) is 3.85. The van der Waals surface area contributed by atoms with E-state index in [1.165, 1.54) is 19.2 Å². The number of carbonyl (C=O) groups is 1. The zero-order valence-corrected chi connectivity index (χ0v) is 25.2. The summed E-state index contributed by atoms with van der Waals surface area (Å²) in [6.07, 6.45) is 7.01. The van der Waals surface area contributed by atoms with Crippen LogP contribution in [0, 0.1) is 5.82 Å². The number of rotatable bonds is 7. The minimum Gasteiger partial charge on any atom is -0.508 e. The normalized spacial score (nSPS) is 20.4.